The second kappa shape index (κ2) is 7.01. The van der Waals surface area contributed by atoms with Gasteiger partial charge in [0.05, 0.1) is 15.6 Å². The fourth-order valence-electron chi connectivity index (χ4n) is 2.07. The molecule has 0 saturated carbocycles. The lowest BCUT2D eigenvalue weighted by Crippen LogP contribution is -2.17. The van der Waals surface area contributed by atoms with Crippen molar-refractivity contribution in [2.24, 2.45) is 5.73 Å². The van der Waals surface area contributed by atoms with E-state index in [-0.39, 0.29) is 27.4 Å². The van der Waals surface area contributed by atoms with Crippen molar-refractivity contribution >= 4 is 34.8 Å². The highest BCUT2D eigenvalue weighted by atomic mass is 35.5. The number of carbonyl (C=O) groups is 1. The molecule has 0 radical (unpaired) electrons. The first kappa shape index (κ1) is 16.6. The van der Waals surface area contributed by atoms with Crippen LogP contribution in [0, 0.1) is 0 Å². The monoisotopic (exact) mass is 338 g/mol. The third kappa shape index (κ3) is 4.13. The van der Waals surface area contributed by atoms with Crippen molar-refractivity contribution in [2.45, 2.75) is 19.4 Å². The first-order valence-electron chi connectivity index (χ1n) is 6.70. The number of phenols is 1. The van der Waals surface area contributed by atoms with Crippen LogP contribution in [0.25, 0.3) is 0 Å². The van der Waals surface area contributed by atoms with Gasteiger partial charge >= 0.3 is 0 Å². The van der Waals surface area contributed by atoms with Crippen LogP contribution < -0.4 is 11.1 Å². The second-order valence-corrected chi connectivity index (χ2v) is 5.93. The van der Waals surface area contributed by atoms with Gasteiger partial charge in [-0.1, -0.05) is 35.3 Å². The lowest BCUT2D eigenvalue weighted by molar-refractivity contribution is 0.102. The van der Waals surface area contributed by atoms with E-state index in [0.29, 0.717) is 5.69 Å². The summed E-state index contributed by atoms with van der Waals surface area (Å²) in [7, 11) is 0. The van der Waals surface area contributed by atoms with Crippen LogP contribution >= 0.6 is 23.2 Å². The van der Waals surface area contributed by atoms with Gasteiger partial charge in [0.25, 0.3) is 5.91 Å². The summed E-state index contributed by atoms with van der Waals surface area (Å²) in [5.41, 5.74) is 7.59. The maximum Gasteiger partial charge on any atom is 0.258 e. The van der Waals surface area contributed by atoms with Crippen LogP contribution in [0.15, 0.2) is 36.4 Å². The molecule has 2 aromatic rings. The molecule has 1 amide bonds. The number of benzene rings is 2. The molecule has 22 heavy (non-hydrogen) atoms. The Balaban J connectivity index is 2.15. The zero-order chi connectivity index (χ0) is 16.3. The third-order valence-corrected chi connectivity index (χ3v) is 3.62. The number of aromatic hydroxyl groups is 1. The van der Waals surface area contributed by atoms with E-state index in [9.17, 15) is 9.90 Å². The molecule has 0 heterocycles. The molecule has 6 heteroatoms. The van der Waals surface area contributed by atoms with E-state index < -0.39 is 5.91 Å². The van der Waals surface area contributed by atoms with E-state index in [1.165, 1.54) is 12.1 Å². The molecule has 0 aliphatic rings. The molecule has 0 spiro atoms. The molecule has 0 bridgehead atoms. The van der Waals surface area contributed by atoms with Gasteiger partial charge in [0.2, 0.25) is 0 Å². The van der Waals surface area contributed by atoms with Crippen LogP contribution in [-0.2, 0) is 6.42 Å². The maximum absolute atomic E-state index is 12.2. The van der Waals surface area contributed by atoms with Crippen LogP contribution in [-0.4, -0.2) is 17.1 Å². The first-order chi connectivity index (χ1) is 10.4. The largest absolute Gasteiger partial charge is 0.508 e. The Morgan fingerprint density at radius 1 is 1.23 bits per heavy atom. The Labute approximate surface area is 138 Å². The fraction of sp³-hybridized carbons (Fsp3) is 0.188. The Morgan fingerprint density at radius 3 is 2.27 bits per heavy atom. The van der Waals surface area contributed by atoms with E-state index in [2.05, 4.69) is 5.32 Å². The number of carbonyl (C=O) groups excluding carboxylic acids is 1. The summed E-state index contributed by atoms with van der Waals surface area (Å²) in [5, 5.41) is 12.3. The summed E-state index contributed by atoms with van der Waals surface area (Å²) in [6.45, 7) is 1.94. The molecule has 4 N–H and O–H groups in total. The lowest BCUT2D eigenvalue weighted by atomic mass is 10.1. The molecule has 1 unspecified atom stereocenters. The number of halogens is 2. The molecule has 0 aliphatic heterocycles. The molecule has 4 nitrogen and oxygen atoms in total. The van der Waals surface area contributed by atoms with Crippen LogP contribution in [0.4, 0.5) is 5.69 Å². The minimum absolute atomic E-state index is 0.0788. The Kier molecular flexibility index (Phi) is 5.29. The van der Waals surface area contributed by atoms with Crippen molar-refractivity contribution in [1.29, 1.82) is 0 Å². The van der Waals surface area contributed by atoms with E-state index in [1.807, 2.05) is 19.1 Å². The first-order valence-corrected chi connectivity index (χ1v) is 7.46. The molecular formula is C16H16Cl2N2O2. The number of hydrogen-bond acceptors (Lipinski definition) is 3. The van der Waals surface area contributed by atoms with Gasteiger partial charge < -0.3 is 16.2 Å². The minimum atomic E-state index is -0.435. The predicted molar refractivity (Wildman–Crippen MR) is 89.9 cm³/mol. The van der Waals surface area contributed by atoms with Gasteiger partial charge in [0, 0.05) is 11.7 Å². The van der Waals surface area contributed by atoms with Crippen LogP contribution in [0.2, 0.25) is 10.0 Å². The maximum atomic E-state index is 12.2. The summed E-state index contributed by atoms with van der Waals surface area (Å²) >= 11 is 11.9. The summed E-state index contributed by atoms with van der Waals surface area (Å²) in [6, 6.07) is 10.0. The van der Waals surface area contributed by atoms with Crippen molar-refractivity contribution in [3.8, 4) is 5.75 Å². The summed E-state index contributed by atoms with van der Waals surface area (Å²) in [6.07, 6.45) is 0.768. The summed E-state index contributed by atoms with van der Waals surface area (Å²) in [5.74, 6) is -0.526. The second-order valence-electron chi connectivity index (χ2n) is 5.12. The van der Waals surface area contributed by atoms with E-state index in [0.717, 1.165) is 12.0 Å². The zero-order valence-corrected chi connectivity index (χ0v) is 13.4. The quantitative estimate of drug-likeness (QED) is 0.792. The van der Waals surface area contributed by atoms with Crippen LogP contribution in [0.3, 0.4) is 0 Å². The standard InChI is InChI=1S/C16H16Cl2N2O2/c1-9(19)6-10-2-4-11(5-3-10)20-16(22)15-13(17)7-12(21)8-14(15)18/h2-5,7-9,21H,6,19H2,1H3,(H,20,22). The zero-order valence-electron chi connectivity index (χ0n) is 11.9. The van der Waals surface area contributed by atoms with Crippen LogP contribution in [0.5, 0.6) is 5.75 Å². The molecule has 0 fully saturated rings. The summed E-state index contributed by atoms with van der Waals surface area (Å²) < 4.78 is 0. The molecule has 2 aromatic carbocycles. The highest BCUT2D eigenvalue weighted by molar-refractivity contribution is 6.40. The normalized spacial score (nSPS) is 12.0. The van der Waals surface area contributed by atoms with Gasteiger partial charge in [-0.25, -0.2) is 0 Å². The highest BCUT2D eigenvalue weighted by Crippen LogP contribution is 2.30. The molecule has 0 aromatic heterocycles. The molecule has 116 valence electrons. The van der Waals surface area contributed by atoms with Gasteiger partial charge in [-0.15, -0.1) is 0 Å². The Hall–Kier alpha value is -1.75. The van der Waals surface area contributed by atoms with E-state index in [4.69, 9.17) is 28.9 Å². The van der Waals surface area contributed by atoms with Crippen molar-refractivity contribution in [3.05, 3.63) is 57.6 Å². The van der Waals surface area contributed by atoms with Crippen LogP contribution in [0.1, 0.15) is 22.8 Å². The number of nitrogens with one attached hydrogen (secondary N) is 1. The lowest BCUT2D eigenvalue weighted by Gasteiger charge is -2.10. The average Bonchev–Trinajstić information content (AvgIpc) is 2.39. The SMILES string of the molecule is CC(N)Cc1ccc(NC(=O)c2c(Cl)cc(O)cc2Cl)cc1. The molecule has 0 saturated heterocycles. The van der Waals surface area contributed by atoms with Crippen molar-refractivity contribution in [3.63, 3.8) is 0 Å². The van der Waals surface area contributed by atoms with Gasteiger partial charge in [-0.3, -0.25) is 4.79 Å². The van der Waals surface area contributed by atoms with Crippen molar-refractivity contribution in [1.82, 2.24) is 0 Å². The minimum Gasteiger partial charge on any atom is -0.508 e. The van der Waals surface area contributed by atoms with Gasteiger partial charge in [0.15, 0.2) is 0 Å². The van der Waals surface area contributed by atoms with E-state index in [1.54, 1.807) is 12.1 Å². The molecular weight excluding hydrogens is 323 g/mol. The smallest absolute Gasteiger partial charge is 0.258 e. The molecule has 1 atom stereocenters. The third-order valence-electron chi connectivity index (χ3n) is 3.02. The molecule has 0 aliphatic carbocycles. The van der Waals surface area contributed by atoms with Crippen molar-refractivity contribution < 1.29 is 9.90 Å². The average molecular weight is 339 g/mol. The molecule has 2 rings (SSSR count). The van der Waals surface area contributed by atoms with Crippen molar-refractivity contribution in [2.75, 3.05) is 5.32 Å². The summed E-state index contributed by atoms with van der Waals surface area (Å²) in [4.78, 5) is 12.2. The number of nitrogens with two attached hydrogens (primary N) is 1. The number of rotatable bonds is 4. The Morgan fingerprint density at radius 2 is 1.77 bits per heavy atom. The number of amides is 1. The number of anilines is 1. The number of hydrogen-bond donors (Lipinski definition) is 3. The Bertz CT molecular complexity index is 662. The van der Waals surface area contributed by atoms with E-state index >= 15 is 0 Å². The topological polar surface area (TPSA) is 75.3 Å². The number of phenolic OH excluding ortho intramolecular Hbond substituents is 1. The predicted octanol–water partition coefficient (Wildman–Crippen LogP) is 3.84. The fourth-order valence-corrected chi connectivity index (χ4v) is 2.71. The highest BCUT2D eigenvalue weighted by Gasteiger charge is 2.16. The van der Waals surface area contributed by atoms with Gasteiger partial charge in [0.1, 0.15) is 5.75 Å². The van der Waals surface area contributed by atoms with Gasteiger partial charge in [-0.2, -0.15) is 0 Å². The van der Waals surface area contributed by atoms with Gasteiger partial charge in [-0.05, 0) is 43.2 Å².